The monoisotopic (exact) mass is 233 g/mol. The molecule has 1 aliphatic heterocycles. The van der Waals surface area contributed by atoms with Crippen LogP contribution < -0.4 is 5.32 Å². The van der Waals surface area contributed by atoms with E-state index in [0.29, 0.717) is 23.3 Å². The molecule has 0 aromatic carbocycles. The van der Waals surface area contributed by atoms with E-state index < -0.39 is 9.84 Å². The van der Waals surface area contributed by atoms with Crippen LogP contribution in [0.1, 0.15) is 33.1 Å². The Morgan fingerprint density at radius 1 is 1.40 bits per heavy atom. The lowest BCUT2D eigenvalue weighted by Gasteiger charge is -2.22. The average Bonchev–Trinajstić information content (AvgIpc) is 2.16. The van der Waals surface area contributed by atoms with Gasteiger partial charge in [0.2, 0.25) is 0 Å². The minimum Gasteiger partial charge on any atom is -0.316 e. The first kappa shape index (κ1) is 13.0. The van der Waals surface area contributed by atoms with Gasteiger partial charge in [0.15, 0.2) is 9.84 Å². The van der Waals surface area contributed by atoms with Crippen LogP contribution in [0.25, 0.3) is 0 Å². The summed E-state index contributed by atoms with van der Waals surface area (Å²) < 4.78 is 23.6. The predicted molar refractivity (Wildman–Crippen MR) is 63.7 cm³/mol. The number of nitrogens with one attached hydrogen (secondary N) is 1. The molecule has 0 saturated carbocycles. The van der Waals surface area contributed by atoms with Gasteiger partial charge in [-0.15, -0.1) is 0 Å². The Hall–Kier alpha value is -0.0900. The molecule has 15 heavy (non-hydrogen) atoms. The highest BCUT2D eigenvalue weighted by molar-refractivity contribution is 7.91. The van der Waals surface area contributed by atoms with Crippen LogP contribution in [0.4, 0.5) is 0 Å². The van der Waals surface area contributed by atoms with Crippen molar-refractivity contribution in [3.8, 4) is 0 Å². The van der Waals surface area contributed by atoms with Crippen LogP contribution in [0, 0.1) is 11.8 Å². The molecule has 0 radical (unpaired) electrons. The molecule has 0 aromatic rings. The highest BCUT2D eigenvalue weighted by atomic mass is 32.2. The molecule has 1 aliphatic rings. The summed E-state index contributed by atoms with van der Waals surface area (Å²) in [5.74, 6) is 1.56. The molecule has 1 rings (SSSR count). The Bertz CT molecular complexity index is 266. The largest absolute Gasteiger partial charge is 0.316 e. The van der Waals surface area contributed by atoms with E-state index >= 15 is 0 Å². The van der Waals surface area contributed by atoms with Gasteiger partial charge < -0.3 is 5.32 Å². The molecule has 0 aromatic heterocycles. The molecule has 1 saturated heterocycles. The van der Waals surface area contributed by atoms with Crippen molar-refractivity contribution >= 4 is 9.84 Å². The number of rotatable bonds is 5. The molecule has 0 aliphatic carbocycles. The maximum atomic E-state index is 11.8. The molecule has 1 fully saturated rings. The van der Waals surface area contributed by atoms with E-state index in [0.717, 1.165) is 32.4 Å². The van der Waals surface area contributed by atoms with Gasteiger partial charge in [0.25, 0.3) is 0 Å². The van der Waals surface area contributed by atoms with Gasteiger partial charge >= 0.3 is 0 Å². The number of hydrogen-bond donors (Lipinski definition) is 1. The normalized spacial score (nSPS) is 23.3. The van der Waals surface area contributed by atoms with Crippen LogP contribution in [-0.2, 0) is 9.84 Å². The van der Waals surface area contributed by atoms with E-state index in [-0.39, 0.29) is 0 Å². The van der Waals surface area contributed by atoms with E-state index in [1.807, 2.05) is 0 Å². The third kappa shape index (κ3) is 5.52. The zero-order valence-corrected chi connectivity index (χ0v) is 10.6. The second-order valence-corrected chi connectivity index (χ2v) is 7.24. The summed E-state index contributed by atoms with van der Waals surface area (Å²) in [5, 5.41) is 3.26. The minimum absolute atomic E-state index is 0.343. The average molecular weight is 233 g/mol. The van der Waals surface area contributed by atoms with Crippen molar-refractivity contribution in [1.29, 1.82) is 0 Å². The second-order valence-electron chi connectivity index (χ2n) is 5.01. The summed E-state index contributed by atoms with van der Waals surface area (Å²) >= 11 is 0. The lowest BCUT2D eigenvalue weighted by molar-refractivity contribution is 0.403. The SMILES string of the molecule is CC(C)CCS(=O)(=O)CC1CCCNC1. The highest BCUT2D eigenvalue weighted by Crippen LogP contribution is 2.14. The fraction of sp³-hybridized carbons (Fsp3) is 1.00. The summed E-state index contributed by atoms with van der Waals surface area (Å²) in [7, 11) is -2.82. The van der Waals surface area contributed by atoms with E-state index in [4.69, 9.17) is 0 Å². The highest BCUT2D eigenvalue weighted by Gasteiger charge is 2.21. The van der Waals surface area contributed by atoms with Crippen LogP contribution >= 0.6 is 0 Å². The maximum Gasteiger partial charge on any atom is 0.150 e. The number of piperidine rings is 1. The molecule has 3 nitrogen and oxygen atoms in total. The fourth-order valence-corrected chi connectivity index (χ4v) is 3.92. The Balaban J connectivity index is 2.34. The molecular weight excluding hydrogens is 210 g/mol. The second kappa shape index (κ2) is 5.85. The maximum absolute atomic E-state index is 11.8. The Morgan fingerprint density at radius 2 is 2.13 bits per heavy atom. The van der Waals surface area contributed by atoms with Crippen molar-refractivity contribution in [2.75, 3.05) is 24.6 Å². The van der Waals surface area contributed by atoms with E-state index in [1.165, 1.54) is 0 Å². The van der Waals surface area contributed by atoms with Gasteiger partial charge in [-0.25, -0.2) is 8.42 Å². The van der Waals surface area contributed by atoms with E-state index in [2.05, 4.69) is 19.2 Å². The first-order chi connectivity index (χ1) is 6.99. The van der Waals surface area contributed by atoms with Crippen LogP contribution in [0.15, 0.2) is 0 Å². The van der Waals surface area contributed by atoms with Gasteiger partial charge in [-0.3, -0.25) is 0 Å². The topological polar surface area (TPSA) is 46.2 Å². The van der Waals surface area contributed by atoms with Crippen LogP contribution in [0.3, 0.4) is 0 Å². The van der Waals surface area contributed by atoms with Crippen molar-refractivity contribution in [3.05, 3.63) is 0 Å². The van der Waals surface area contributed by atoms with E-state index in [1.54, 1.807) is 0 Å². The fourth-order valence-electron chi connectivity index (χ4n) is 1.92. The minimum atomic E-state index is -2.82. The van der Waals surface area contributed by atoms with Crippen molar-refractivity contribution in [2.45, 2.75) is 33.1 Å². The molecule has 1 unspecified atom stereocenters. The van der Waals surface area contributed by atoms with Gasteiger partial charge in [0, 0.05) is 0 Å². The van der Waals surface area contributed by atoms with Crippen molar-refractivity contribution in [3.63, 3.8) is 0 Å². The third-order valence-electron chi connectivity index (χ3n) is 2.89. The molecule has 1 atom stereocenters. The standard InChI is InChI=1S/C11H23NO2S/c1-10(2)5-7-15(13,14)9-11-4-3-6-12-8-11/h10-12H,3-9H2,1-2H3. The van der Waals surface area contributed by atoms with Crippen molar-refractivity contribution < 1.29 is 8.42 Å². The van der Waals surface area contributed by atoms with Crippen molar-refractivity contribution in [2.24, 2.45) is 11.8 Å². The summed E-state index contributed by atoms with van der Waals surface area (Å²) in [6.07, 6.45) is 2.97. The van der Waals surface area contributed by atoms with Crippen LogP contribution in [-0.4, -0.2) is 33.0 Å². The van der Waals surface area contributed by atoms with Gasteiger partial charge in [-0.1, -0.05) is 13.8 Å². The molecule has 1 N–H and O–H groups in total. The van der Waals surface area contributed by atoms with Crippen LogP contribution in [0.2, 0.25) is 0 Å². The molecule has 4 heteroatoms. The summed E-state index contributed by atoms with van der Waals surface area (Å²) in [5.41, 5.74) is 0. The molecule has 0 bridgehead atoms. The Kier molecular flexibility index (Phi) is 5.06. The zero-order chi connectivity index (χ0) is 11.3. The summed E-state index contributed by atoms with van der Waals surface area (Å²) in [6.45, 7) is 6.05. The van der Waals surface area contributed by atoms with Crippen molar-refractivity contribution in [1.82, 2.24) is 5.32 Å². The summed E-state index contributed by atoms with van der Waals surface area (Å²) in [4.78, 5) is 0. The summed E-state index contributed by atoms with van der Waals surface area (Å²) in [6, 6.07) is 0. The van der Waals surface area contributed by atoms with Crippen LogP contribution in [0.5, 0.6) is 0 Å². The zero-order valence-electron chi connectivity index (χ0n) is 9.83. The van der Waals surface area contributed by atoms with Gasteiger partial charge in [-0.2, -0.15) is 0 Å². The number of hydrogen-bond acceptors (Lipinski definition) is 3. The predicted octanol–water partition coefficient (Wildman–Crippen LogP) is 1.45. The Morgan fingerprint density at radius 3 is 2.67 bits per heavy atom. The molecule has 90 valence electrons. The van der Waals surface area contributed by atoms with Gasteiger partial charge in [0.1, 0.15) is 0 Å². The molecular formula is C11H23NO2S. The number of sulfone groups is 1. The first-order valence-corrected chi connectivity index (χ1v) is 7.73. The molecule has 0 amide bonds. The quantitative estimate of drug-likeness (QED) is 0.782. The van der Waals surface area contributed by atoms with E-state index in [9.17, 15) is 8.42 Å². The lowest BCUT2D eigenvalue weighted by Crippen LogP contribution is -2.34. The van der Waals surface area contributed by atoms with Gasteiger partial charge in [0.05, 0.1) is 11.5 Å². The third-order valence-corrected chi connectivity index (χ3v) is 4.73. The molecule has 0 spiro atoms. The lowest BCUT2D eigenvalue weighted by atomic mass is 10.0. The van der Waals surface area contributed by atoms with Gasteiger partial charge in [-0.05, 0) is 44.2 Å². The Labute approximate surface area is 93.6 Å². The molecule has 1 heterocycles. The smallest absolute Gasteiger partial charge is 0.150 e. The first-order valence-electron chi connectivity index (χ1n) is 5.91.